The molecule has 0 saturated carbocycles. The number of hydrogen-bond donors (Lipinski definition) is 0. The van der Waals surface area contributed by atoms with Crippen molar-refractivity contribution in [3.63, 3.8) is 0 Å². The van der Waals surface area contributed by atoms with Crippen LogP contribution in [-0.4, -0.2) is 8.07 Å². The van der Waals surface area contributed by atoms with Crippen LogP contribution in [0.1, 0.15) is 6.42 Å². The molecule has 67 valence electrons. The van der Waals surface area contributed by atoms with Gasteiger partial charge in [-0.05, 0) is 0 Å². The number of allylic oxidation sites excluding steroid dienone is 4. The van der Waals surface area contributed by atoms with E-state index in [-0.39, 0.29) is 24.8 Å². The Balaban J connectivity index is 0. The molecule has 12 heavy (non-hydrogen) atoms. The largest absolute Gasteiger partial charge is 1.00 e. The molecule has 0 fully saturated rings. The SMILES string of the molecule is C[Si](C)(C)C1=CC[C]([Zr+2])=C1.[Cl-].[Cl-]. The minimum Gasteiger partial charge on any atom is -1.00 e. The summed E-state index contributed by atoms with van der Waals surface area (Å²) in [5.74, 6) is 0. The van der Waals surface area contributed by atoms with Gasteiger partial charge in [0, 0.05) is 0 Å². The molecule has 4 heteroatoms. The van der Waals surface area contributed by atoms with Gasteiger partial charge in [-0.3, -0.25) is 0 Å². The second kappa shape index (κ2) is 5.80. The summed E-state index contributed by atoms with van der Waals surface area (Å²) < 4.78 is 1.62. The summed E-state index contributed by atoms with van der Waals surface area (Å²) in [4.78, 5) is 0. The summed E-state index contributed by atoms with van der Waals surface area (Å²) in [7, 11) is -0.967. The van der Waals surface area contributed by atoms with Crippen molar-refractivity contribution < 1.29 is 49.5 Å². The molecule has 0 aromatic carbocycles. The van der Waals surface area contributed by atoms with Gasteiger partial charge >= 0.3 is 79.5 Å². The molecule has 0 heterocycles. The summed E-state index contributed by atoms with van der Waals surface area (Å²) in [5.41, 5.74) is 0. The Labute approximate surface area is 104 Å². The molecule has 0 spiro atoms. The van der Waals surface area contributed by atoms with Gasteiger partial charge in [0.05, 0.1) is 0 Å². The van der Waals surface area contributed by atoms with Crippen molar-refractivity contribution in [2.45, 2.75) is 26.1 Å². The van der Waals surface area contributed by atoms with Gasteiger partial charge in [0.2, 0.25) is 0 Å². The van der Waals surface area contributed by atoms with Gasteiger partial charge in [0.25, 0.3) is 0 Å². The fraction of sp³-hybridized carbons (Fsp3) is 0.500. The Morgan fingerprint density at radius 3 is 1.92 bits per heavy atom. The third kappa shape index (κ3) is 4.41. The minimum atomic E-state index is -0.967. The molecule has 0 nitrogen and oxygen atoms in total. The molecule has 0 amide bonds. The Morgan fingerprint density at radius 1 is 1.25 bits per heavy atom. The van der Waals surface area contributed by atoms with E-state index in [0.717, 1.165) is 0 Å². The van der Waals surface area contributed by atoms with Crippen LogP contribution in [0.25, 0.3) is 0 Å². The maximum atomic E-state index is 2.41. The Hall–Kier alpha value is 1.16. The standard InChI is InChI=1S/C8H13Si.2ClH.Zr/c1-9(2,3)8-6-4-5-7-8;;;/h6-7H,4H2,1-3H3;2*1H;/q;;;+2/p-2. The predicted molar refractivity (Wildman–Crippen MR) is 44.1 cm³/mol. The minimum absolute atomic E-state index is 0. The van der Waals surface area contributed by atoms with Gasteiger partial charge in [-0.2, -0.15) is 0 Å². The maximum Gasteiger partial charge on any atom is -1.00 e. The monoisotopic (exact) mass is 297 g/mol. The molecule has 0 N–H and O–H groups in total. The Kier molecular flexibility index (Phi) is 7.55. The van der Waals surface area contributed by atoms with Crippen molar-refractivity contribution in [3.05, 3.63) is 20.6 Å². The quantitative estimate of drug-likeness (QED) is 0.444. The first-order valence-electron chi connectivity index (χ1n) is 3.63. The maximum absolute atomic E-state index is 2.41. The van der Waals surface area contributed by atoms with Crippen LogP contribution in [0.5, 0.6) is 0 Å². The van der Waals surface area contributed by atoms with Gasteiger partial charge in [-0.15, -0.1) is 0 Å². The molecule has 0 unspecified atom stereocenters. The Bertz CT molecular complexity index is 204. The number of rotatable bonds is 1. The van der Waals surface area contributed by atoms with E-state index in [4.69, 9.17) is 0 Å². The molecule has 0 aliphatic heterocycles. The first-order chi connectivity index (χ1) is 4.50. The molecule has 0 bridgehead atoms. The van der Waals surface area contributed by atoms with E-state index in [1.807, 2.05) is 0 Å². The molecule has 0 aromatic rings. The average molecular weight is 299 g/mol. The zero-order chi connectivity index (χ0) is 7.78. The van der Waals surface area contributed by atoms with Crippen molar-refractivity contribution >= 4 is 8.07 Å². The van der Waals surface area contributed by atoms with E-state index < -0.39 is 8.07 Å². The fourth-order valence-electron chi connectivity index (χ4n) is 1.05. The summed E-state index contributed by atoms with van der Waals surface area (Å²) in [5, 5.41) is 1.65. The van der Waals surface area contributed by atoms with Crippen LogP contribution in [-0.2, 0) is 24.7 Å². The van der Waals surface area contributed by atoms with Gasteiger partial charge in [-0.25, -0.2) is 0 Å². The third-order valence-corrected chi connectivity index (χ3v) is 4.67. The van der Waals surface area contributed by atoms with E-state index in [1.54, 1.807) is 33.2 Å². The molecule has 0 saturated heterocycles. The fourth-order valence-corrected chi connectivity index (χ4v) is 3.36. The van der Waals surface area contributed by atoms with Crippen molar-refractivity contribution in [3.8, 4) is 0 Å². The first kappa shape index (κ1) is 15.6. The zero-order valence-corrected chi connectivity index (χ0v) is 12.6. The summed E-state index contributed by atoms with van der Waals surface area (Å²) in [6.07, 6.45) is 6.05. The smallest absolute Gasteiger partial charge is 1.00 e. The van der Waals surface area contributed by atoms with Gasteiger partial charge in [-0.1, -0.05) is 0 Å². The summed E-state index contributed by atoms with van der Waals surface area (Å²) >= 11 is 1.59. The molecular formula is C8H13Cl2SiZr. The summed E-state index contributed by atoms with van der Waals surface area (Å²) in [6.45, 7) is 7.22. The van der Waals surface area contributed by atoms with Crippen molar-refractivity contribution in [1.82, 2.24) is 0 Å². The molecule has 1 rings (SSSR count). The van der Waals surface area contributed by atoms with Gasteiger partial charge < -0.3 is 24.8 Å². The predicted octanol–water partition coefficient (Wildman–Crippen LogP) is -3.37. The van der Waals surface area contributed by atoms with E-state index in [9.17, 15) is 0 Å². The van der Waals surface area contributed by atoms with Crippen LogP contribution in [0.2, 0.25) is 19.6 Å². The number of hydrogen-bond acceptors (Lipinski definition) is 0. The van der Waals surface area contributed by atoms with Crippen LogP contribution in [0.3, 0.4) is 0 Å². The second-order valence-corrected chi connectivity index (χ2v) is 10.4. The molecule has 0 aromatic heterocycles. The van der Waals surface area contributed by atoms with Crippen LogP contribution in [0.4, 0.5) is 0 Å². The third-order valence-electron chi connectivity index (χ3n) is 1.74. The van der Waals surface area contributed by atoms with E-state index >= 15 is 0 Å². The van der Waals surface area contributed by atoms with Crippen LogP contribution in [0, 0.1) is 0 Å². The van der Waals surface area contributed by atoms with E-state index in [0.29, 0.717) is 0 Å². The normalized spacial score (nSPS) is 15.8. The van der Waals surface area contributed by atoms with Crippen molar-refractivity contribution in [2.24, 2.45) is 0 Å². The van der Waals surface area contributed by atoms with Crippen molar-refractivity contribution in [1.29, 1.82) is 0 Å². The first-order valence-corrected chi connectivity index (χ1v) is 8.36. The van der Waals surface area contributed by atoms with Crippen LogP contribution >= 0.6 is 0 Å². The van der Waals surface area contributed by atoms with Gasteiger partial charge in [0.1, 0.15) is 0 Å². The second-order valence-electron chi connectivity index (χ2n) is 3.78. The van der Waals surface area contributed by atoms with Gasteiger partial charge in [0.15, 0.2) is 0 Å². The van der Waals surface area contributed by atoms with E-state index in [1.165, 1.54) is 6.42 Å². The van der Waals surface area contributed by atoms with E-state index in [2.05, 4.69) is 31.8 Å². The summed E-state index contributed by atoms with van der Waals surface area (Å²) in [6, 6.07) is 0. The van der Waals surface area contributed by atoms with Crippen molar-refractivity contribution in [2.75, 3.05) is 0 Å². The zero-order valence-electron chi connectivity index (χ0n) is 7.62. The molecule has 0 radical (unpaired) electrons. The average Bonchev–Trinajstić information content (AvgIpc) is 2.11. The number of halogens is 2. The van der Waals surface area contributed by atoms with Crippen LogP contribution in [0.15, 0.2) is 20.6 Å². The molecule has 0 atom stereocenters. The molecule has 1 aliphatic carbocycles. The molecule has 1 aliphatic rings. The Morgan fingerprint density at radius 2 is 1.75 bits per heavy atom. The van der Waals surface area contributed by atoms with Crippen LogP contribution < -0.4 is 24.8 Å². The topological polar surface area (TPSA) is 0 Å². The molecular weight excluding hydrogens is 286 g/mol.